The Hall–Kier alpha value is -4.60. The number of rotatable bonds is 2. The first kappa shape index (κ1) is 26.6. The van der Waals surface area contributed by atoms with Gasteiger partial charge in [-0.3, -0.25) is 9.59 Å². The van der Waals surface area contributed by atoms with Gasteiger partial charge in [-0.25, -0.2) is 0 Å². The standard InChI is InChI=1S/C31H18F6O4/c1-15-3-8-23-20(11-15)28(39)22-13-17(4-9-24(22)40-23)16-5-10-25-21(12-16)27(38)19-7-6-18(14-26(19)41-25)29(2,30(32,33)34)31(35,36)37/h3-14H,1-2H3. The zero-order chi connectivity index (χ0) is 29.5. The summed E-state index contributed by atoms with van der Waals surface area (Å²) in [6.45, 7) is 1.91. The maximum Gasteiger partial charge on any atom is 0.406 e. The van der Waals surface area contributed by atoms with Crippen LogP contribution in [0.5, 0.6) is 0 Å². The Morgan fingerprint density at radius 2 is 1.00 bits per heavy atom. The maximum atomic E-state index is 13.6. The van der Waals surface area contributed by atoms with E-state index in [0.29, 0.717) is 45.2 Å². The molecule has 0 aliphatic heterocycles. The molecular formula is C31H18F6O4. The Labute approximate surface area is 226 Å². The molecule has 0 aliphatic rings. The summed E-state index contributed by atoms with van der Waals surface area (Å²) in [5.74, 6) is 0. The second kappa shape index (κ2) is 8.70. The zero-order valence-electron chi connectivity index (χ0n) is 21.3. The summed E-state index contributed by atoms with van der Waals surface area (Å²) in [5, 5.41) is 0.646. The molecule has 41 heavy (non-hydrogen) atoms. The van der Waals surface area contributed by atoms with E-state index in [4.69, 9.17) is 8.83 Å². The van der Waals surface area contributed by atoms with Crippen molar-refractivity contribution in [1.29, 1.82) is 0 Å². The molecule has 4 nitrogen and oxygen atoms in total. The molecule has 0 aliphatic carbocycles. The van der Waals surface area contributed by atoms with Crippen LogP contribution in [0.3, 0.4) is 0 Å². The van der Waals surface area contributed by atoms with E-state index in [9.17, 15) is 35.9 Å². The van der Waals surface area contributed by atoms with Crippen LogP contribution in [0.4, 0.5) is 26.3 Å². The molecule has 0 spiro atoms. The third-order valence-corrected chi connectivity index (χ3v) is 7.54. The summed E-state index contributed by atoms with van der Waals surface area (Å²) in [7, 11) is 0. The van der Waals surface area contributed by atoms with Gasteiger partial charge in [-0.2, -0.15) is 26.3 Å². The lowest BCUT2D eigenvalue weighted by molar-refractivity contribution is -0.297. The molecule has 2 heterocycles. The molecule has 0 saturated carbocycles. The van der Waals surface area contributed by atoms with Crippen LogP contribution in [0, 0.1) is 6.92 Å². The van der Waals surface area contributed by atoms with E-state index < -0.39 is 34.3 Å². The average molecular weight is 568 g/mol. The highest BCUT2D eigenvalue weighted by Gasteiger charge is 2.68. The minimum atomic E-state index is -5.65. The molecule has 2 aromatic heterocycles. The van der Waals surface area contributed by atoms with Crippen molar-refractivity contribution >= 4 is 43.9 Å². The van der Waals surface area contributed by atoms with Gasteiger partial charge in [0, 0.05) is 0 Å². The highest BCUT2D eigenvalue weighted by Crippen LogP contribution is 2.52. The predicted octanol–water partition coefficient (Wildman–Crippen LogP) is 8.56. The second-order valence-corrected chi connectivity index (χ2v) is 10.1. The van der Waals surface area contributed by atoms with Gasteiger partial charge in [-0.05, 0) is 79.1 Å². The van der Waals surface area contributed by atoms with Gasteiger partial charge in [0.1, 0.15) is 22.3 Å². The molecule has 0 fully saturated rings. The third-order valence-electron chi connectivity index (χ3n) is 7.54. The fourth-order valence-electron chi connectivity index (χ4n) is 4.98. The molecule has 0 atom stereocenters. The van der Waals surface area contributed by atoms with Crippen molar-refractivity contribution in [2.75, 3.05) is 0 Å². The number of aryl methyl sites for hydroxylation is 1. The molecule has 0 radical (unpaired) electrons. The summed E-state index contributed by atoms with van der Waals surface area (Å²) in [4.78, 5) is 26.5. The first-order chi connectivity index (χ1) is 19.2. The fraction of sp³-hybridized carbons (Fsp3) is 0.161. The van der Waals surface area contributed by atoms with Crippen LogP contribution in [-0.4, -0.2) is 12.4 Å². The summed E-state index contributed by atoms with van der Waals surface area (Å²) < 4.78 is 93.1. The van der Waals surface area contributed by atoms with Crippen molar-refractivity contribution < 1.29 is 35.2 Å². The zero-order valence-corrected chi connectivity index (χ0v) is 21.3. The lowest BCUT2D eigenvalue weighted by Crippen LogP contribution is -2.51. The maximum absolute atomic E-state index is 13.6. The molecule has 208 valence electrons. The molecule has 0 saturated heterocycles. The van der Waals surface area contributed by atoms with E-state index in [-0.39, 0.29) is 28.7 Å². The van der Waals surface area contributed by atoms with Gasteiger partial charge < -0.3 is 8.83 Å². The van der Waals surface area contributed by atoms with Gasteiger partial charge in [-0.15, -0.1) is 0 Å². The van der Waals surface area contributed by atoms with E-state index >= 15 is 0 Å². The quantitative estimate of drug-likeness (QED) is 0.155. The van der Waals surface area contributed by atoms with Crippen LogP contribution in [0.2, 0.25) is 0 Å². The molecule has 0 unspecified atom stereocenters. The summed E-state index contributed by atoms with van der Waals surface area (Å²) in [6.07, 6.45) is -11.3. The van der Waals surface area contributed by atoms with Gasteiger partial charge in [0.05, 0.1) is 21.5 Å². The lowest BCUT2D eigenvalue weighted by atomic mass is 9.80. The summed E-state index contributed by atoms with van der Waals surface area (Å²) >= 11 is 0. The largest absolute Gasteiger partial charge is 0.456 e. The van der Waals surface area contributed by atoms with Crippen LogP contribution in [0.25, 0.3) is 55.0 Å². The van der Waals surface area contributed by atoms with Crippen LogP contribution >= 0.6 is 0 Å². The van der Waals surface area contributed by atoms with E-state index in [0.717, 1.165) is 11.6 Å². The highest BCUT2D eigenvalue weighted by molar-refractivity contribution is 5.95. The van der Waals surface area contributed by atoms with Crippen LogP contribution in [0.1, 0.15) is 18.1 Å². The van der Waals surface area contributed by atoms with Crippen molar-refractivity contribution in [1.82, 2.24) is 0 Å². The third kappa shape index (κ3) is 4.00. The highest BCUT2D eigenvalue weighted by atomic mass is 19.4. The van der Waals surface area contributed by atoms with Crippen molar-refractivity contribution in [3.63, 3.8) is 0 Å². The minimum Gasteiger partial charge on any atom is -0.456 e. The number of alkyl halides is 6. The number of benzene rings is 4. The Balaban J connectivity index is 1.50. The molecule has 4 aromatic carbocycles. The first-order valence-electron chi connectivity index (χ1n) is 12.3. The molecule has 0 bridgehead atoms. The van der Waals surface area contributed by atoms with E-state index in [2.05, 4.69) is 0 Å². The molecule has 10 heteroatoms. The smallest absolute Gasteiger partial charge is 0.406 e. The monoisotopic (exact) mass is 568 g/mol. The van der Waals surface area contributed by atoms with E-state index in [1.807, 2.05) is 13.0 Å². The van der Waals surface area contributed by atoms with Crippen molar-refractivity contribution in [2.24, 2.45) is 0 Å². The predicted molar refractivity (Wildman–Crippen MR) is 143 cm³/mol. The van der Waals surface area contributed by atoms with Gasteiger partial charge in [0.25, 0.3) is 0 Å². The number of hydrogen-bond donors (Lipinski definition) is 0. The Bertz CT molecular complexity index is 2140. The molecule has 0 amide bonds. The first-order valence-corrected chi connectivity index (χ1v) is 12.3. The van der Waals surface area contributed by atoms with Crippen LogP contribution < -0.4 is 10.9 Å². The van der Waals surface area contributed by atoms with E-state index in [1.165, 1.54) is 12.1 Å². The number of fused-ring (bicyclic) bond motifs is 4. The number of halogens is 6. The van der Waals surface area contributed by atoms with Gasteiger partial charge in [0.15, 0.2) is 5.41 Å². The molecule has 0 N–H and O–H groups in total. The minimum absolute atomic E-state index is 0.0223. The van der Waals surface area contributed by atoms with Crippen LogP contribution in [-0.2, 0) is 5.41 Å². The van der Waals surface area contributed by atoms with Crippen molar-refractivity contribution in [3.05, 3.63) is 104 Å². The Morgan fingerprint density at radius 3 is 1.54 bits per heavy atom. The Kier molecular flexibility index (Phi) is 5.65. The normalized spacial score (nSPS) is 13.1. The summed E-state index contributed by atoms with van der Waals surface area (Å²) in [6, 6.07) is 16.9. The topological polar surface area (TPSA) is 60.4 Å². The Morgan fingerprint density at radius 1 is 0.537 bits per heavy atom. The van der Waals surface area contributed by atoms with Gasteiger partial charge >= 0.3 is 12.4 Å². The lowest BCUT2D eigenvalue weighted by Gasteiger charge is -2.34. The van der Waals surface area contributed by atoms with Crippen molar-refractivity contribution in [3.8, 4) is 11.1 Å². The van der Waals surface area contributed by atoms with Crippen LogP contribution in [0.15, 0.2) is 91.2 Å². The second-order valence-electron chi connectivity index (χ2n) is 10.1. The summed E-state index contributed by atoms with van der Waals surface area (Å²) in [5.41, 5.74) is -3.71. The SMILES string of the molecule is Cc1ccc2oc3ccc(-c4ccc5oc6cc(C(C)(C(F)(F)F)C(F)(F)F)ccc6c(=O)c5c4)cc3c(=O)c2c1. The number of hydrogen-bond acceptors (Lipinski definition) is 4. The molecule has 6 aromatic rings. The molecular weight excluding hydrogens is 550 g/mol. The van der Waals surface area contributed by atoms with Crippen molar-refractivity contribution in [2.45, 2.75) is 31.6 Å². The van der Waals surface area contributed by atoms with Gasteiger partial charge in [0.2, 0.25) is 10.9 Å². The fourth-order valence-corrected chi connectivity index (χ4v) is 4.98. The van der Waals surface area contributed by atoms with E-state index in [1.54, 1.807) is 36.4 Å². The van der Waals surface area contributed by atoms with Gasteiger partial charge in [-0.1, -0.05) is 29.8 Å². The average Bonchev–Trinajstić information content (AvgIpc) is 2.91. The molecule has 6 rings (SSSR count).